The summed E-state index contributed by atoms with van der Waals surface area (Å²) in [7, 11) is -3.65. The van der Waals surface area contributed by atoms with Gasteiger partial charge in [0.25, 0.3) is 15.9 Å². The number of pyridine rings is 1. The number of nitrogens with zero attached hydrogens (tertiary/aromatic N) is 4. The third-order valence-electron chi connectivity index (χ3n) is 5.08. The normalized spacial score (nSPS) is 14.4. The Morgan fingerprint density at radius 2 is 2.12 bits per heavy atom. The quantitative estimate of drug-likeness (QED) is 0.548. The maximum absolute atomic E-state index is 12.9. The van der Waals surface area contributed by atoms with Crippen LogP contribution in [0.15, 0.2) is 59.4 Å². The van der Waals surface area contributed by atoms with Gasteiger partial charge in [0, 0.05) is 24.2 Å². The molecule has 3 N–H and O–H groups in total. The van der Waals surface area contributed by atoms with E-state index in [2.05, 4.69) is 20.8 Å². The summed E-state index contributed by atoms with van der Waals surface area (Å²) in [5, 5.41) is 11.9. The predicted molar refractivity (Wildman–Crippen MR) is 125 cm³/mol. The van der Waals surface area contributed by atoms with Gasteiger partial charge in [0.05, 0.1) is 22.4 Å². The minimum absolute atomic E-state index is 0.0935. The second-order valence-corrected chi connectivity index (χ2v) is 10.1. The number of amidine groups is 1. The van der Waals surface area contributed by atoms with Crippen LogP contribution in [0.25, 0.3) is 5.82 Å². The van der Waals surface area contributed by atoms with Crippen LogP contribution in [0.4, 0.5) is 0 Å². The van der Waals surface area contributed by atoms with Gasteiger partial charge in [-0.05, 0) is 43.7 Å². The minimum atomic E-state index is -3.65. The molecule has 3 heterocycles. The van der Waals surface area contributed by atoms with Crippen LogP contribution in [-0.4, -0.2) is 41.9 Å². The predicted octanol–water partition coefficient (Wildman–Crippen LogP) is 1.88. The van der Waals surface area contributed by atoms with Crippen molar-refractivity contribution in [2.24, 2.45) is 10.1 Å². The molecule has 0 atom stereocenters. The van der Waals surface area contributed by atoms with Crippen LogP contribution in [0.5, 0.6) is 5.75 Å². The van der Waals surface area contributed by atoms with Gasteiger partial charge in [-0.2, -0.15) is 5.26 Å². The number of nitrogens with one attached hydrogen (secondary N) is 1. The third-order valence-corrected chi connectivity index (χ3v) is 6.23. The number of benzene rings is 1. The average molecular weight is 479 g/mol. The molecule has 0 unspecified atom stereocenters. The van der Waals surface area contributed by atoms with Gasteiger partial charge >= 0.3 is 0 Å². The molecule has 3 aromatic rings. The maximum atomic E-state index is 12.9. The number of aromatic nitrogens is 2. The zero-order valence-corrected chi connectivity index (χ0v) is 19.3. The lowest BCUT2D eigenvalue weighted by atomic mass is 10.0. The molecule has 1 amide bonds. The summed E-state index contributed by atoms with van der Waals surface area (Å²) >= 11 is 0. The number of ether oxygens (including phenoxy) is 1. The topological polar surface area (TPSA) is 152 Å². The molecule has 1 aliphatic heterocycles. The number of sulfonamides is 1. The fraction of sp³-hybridized carbons (Fsp3) is 0.217. The van der Waals surface area contributed by atoms with E-state index < -0.39 is 15.6 Å². The summed E-state index contributed by atoms with van der Waals surface area (Å²) < 4.78 is 34.9. The van der Waals surface area contributed by atoms with Crippen LogP contribution >= 0.6 is 0 Å². The molecular formula is C23H22N6O4S. The van der Waals surface area contributed by atoms with E-state index in [-0.39, 0.29) is 24.1 Å². The van der Waals surface area contributed by atoms with Crippen molar-refractivity contribution in [2.75, 3.05) is 6.61 Å². The first-order valence-corrected chi connectivity index (χ1v) is 11.9. The third kappa shape index (κ3) is 4.92. The van der Waals surface area contributed by atoms with Crippen molar-refractivity contribution in [1.29, 1.82) is 5.26 Å². The number of carbonyl (C=O) groups is 1. The molecule has 2 aromatic heterocycles. The minimum Gasteiger partial charge on any atom is -0.490 e. The number of nitriles is 1. The Balaban J connectivity index is 1.47. The van der Waals surface area contributed by atoms with Gasteiger partial charge in [0.2, 0.25) is 0 Å². The molecule has 1 aromatic carbocycles. The number of carbonyl (C=O) groups excluding carboxylic acids is 1. The Bertz CT molecular complexity index is 1450. The summed E-state index contributed by atoms with van der Waals surface area (Å²) in [5.41, 5.74) is 6.95. The van der Waals surface area contributed by atoms with Crippen molar-refractivity contribution in [3.63, 3.8) is 0 Å². The standard InChI is InChI=1S/C23H22N6O4S/c1-23(2,14-33-18-5-3-4-17-13-34(31,32)28-21(25)20(17)18)27-22(30)16-6-8-26-19(10-16)29-9-7-15(11-24)12-29/h3-10,12H,13-14H2,1-2H3,(H2,25,28)(H,27,30). The molecule has 11 heteroatoms. The molecule has 0 fully saturated rings. The second-order valence-electron chi connectivity index (χ2n) is 8.44. The molecule has 0 spiro atoms. The van der Waals surface area contributed by atoms with Crippen LogP contribution in [-0.2, 0) is 15.8 Å². The monoisotopic (exact) mass is 478 g/mol. The summed E-state index contributed by atoms with van der Waals surface area (Å²) in [6, 6.07) is 12.0. The zero-order chi connectivity index (χ0) is 24.5. The van der Waals surface area contributed by atoms with Gasteiger partial charge in [-0.25, -0.2) is 13.4 Å². The first kappa shape index (κ1) is 23.0. The van der Waals surface area contributed by atoms with Gasteiger partial charge < -0.3 is 20.4 Å². The van der Waals surface area contributed by atoms with Crippen LogP contribution in [0, 0.1) is 11.3 Å². The Morgan fingerprint density at radius 3 is 2.85 bits per heavy atom. The van der Waals surface area contributed by atoms with Crippen LogP contribution in [0.2, 0.25) is 0 Å². The van der Waals surface area contributed by atoms with Gasteiger partial charge in [-0.15, -0.1) is 4.40 Å². The molecule has 174 valence electrons. The lowest BCUT2D eigenvalue weighted by Crippen LogP contribution is -2.48. The Labute approximate surface area is 196 Å². The van der Waals surface area contributed by atoms with E-state index in [1.54, 1.807) is 67.2 Å². The van der Waals surface area contributed by atoms with Crippen molar-refractivity contribution in [3.05, 3.63) is 77.2 Å². The number of fused-ring (bicyclic) bond motifs is 1. The second kappa shape index (κ2) is 8.64. The highest BCUT2D eigenvalue weighted by Crippen LogP contribution is 2.28. The summed E-state index contributed by atoms with van der Waals surface area (Å²) in [5.74, 6) is 0.203. The smallest absolute Gasteiger partial charge is 0.259 e. The van der Waals surface area contributed by atoms with Crippen LogP contribution in [0.1, 0.15) is 40.9 Å². The lowest BCUT2D eigenvalue weighted by Gasteiger charge is -2.27. The number of hydrogen-bond acceptors (Lipinski definition) is 7. The van der Waals surface area contributed by atoms with Gasteiger partial charge in [-0.1, -0.05) is 12.1 Å². The molecule has 34 heavy (non-hydrogen) atoms. The number of rotatable bonds is 6. The van der Waals surface area contributed by atoms with E-state index in [0.717, 1.165) is 0 Å². The largest absolute Gasteiger partial charge is 0.490 e. The van der Waals surface area contributed by atoms with Gasteiger partial charge in [0.15, 0.2) is 0 Å². The van der Waals surface area contributed by atoms with Crippen molar-refractivity contribution < 1.29 is 17.9 Å². The zero-order valence-electron chi connectivity index (χ0n) is 18.5. The van der Waals surface area contributed by atoms with E-state index in [4.69, 9.17) is 15.7 Å². The lowest BCUT2D eigenvalue weighted by molar-refractivity contribution is 0.0880. The van der Waals surface area contributed by atoms with E-state index in [9.17, 15) is 13.2 Å². The van der Waals surface area contributed by atoms with Crippen LogP contribution in [0.3, 0.4) is 0 Å². The molecular weight excluding hydrogens is 456 g/mol. The Hall–Kier alpha value is -4.17. The number of nitrogens with two attached hydrogens (primary N) is 1. The summed E-state index contributed by atoms with van der Waals surface area (Å²) in [6.45, 7) is 3.70. The van der Waals surface area contributed by atoms with Gasteiger partial charge in [0.1, 0.15) is 30.1 Å². The van der Waals surface area contributed by atoms with Gasteiger partial charge in [-0.3, -0.25) is 4.79 Å². The first-order chi connectivity index (χ1) is 16.1. The molecule has 0 radical (unpaired) electrons. The highest BCUT2D eigenvalue weighted by molar-refractivity contribution is 7.89. The van der Waals surface area contributed by atoms with E-state index >= 15 is 0 Å². The molecule has 0 aliphatic carbocycles. The number of amides is 1. The molecule has 0 bridgehead atoms. The maximum Gasteiger partial charge on any atom is 0.259 e. The van der Waals surface area contributed by atoms with Crippen molar-refractivity contribution in [1.82, 2.24) is 14.9 Å². The Morgan fingerprint density at radius 1 is 1.32 bits per heavy atom. The van der Waals surface area contributed by atoms with Crippen molar-refractivity contribution >= 4 is 21.8 Å². The summed E-state index contributed by atoms with van der Waals surface area (Å²) in [4.78, 5) is 17.2. The van der Waals surface area contributed by atoms with E-state index in [0.29, 0.717) is 33.8 Å². The molecule has 4 rings (SSSR count). The van der Waals surface area contributed by atoms with Crippen molar-refractivity contribution in [2.45, 2.75) is 25.1 Å². The van der Waals surface area contributed by atoms with E-state index in [1.807, 2.05) is 0 Å². The fourth-order valence-corrected chi connectivity index (χ4v) is 4.60. The first-order valence-electron chi connectivity index (χ1n) is 10.3. The fourth-order valence-electron chi connectivity index (χ4n) is 3.51. The van der Waals surface area contributed by atoms with Crippen molar-refractivity contribution in [3.8, 4) is 17.6 Å². The number of hydrogen-bond donors (Lipinski definition) is 2. The average Bonchev–Trinajstić information content (AvgIpc) is 3.26. The highest BCUT2D eigenvalue weighted by Gasteiger charge is 2.27. The molecule has 0 saturated carbocycles. The highest BCUT2D eigenvalue weighted by atomic mass is 32.2. The molecule has 1 aliphatic rings. The SMILES string of the molecule is CC(C)(COc1cccc2c1C(N)=NS(=O)(=O)C2)NC(=O)c1ccnc(-n2ccc(C#N)c2)c1. The Kier molecular flexibility index (Phi) is 5.85. The van der Waals surface area contributed by atoms with Crippen LogP contribution < -0.4 is 15.8 Å². The summed E-state index contributed by atoms with van der Waals surface area (Å²) in [6.07, 6.45) is 4.84. The molecule has 0 saturated heterocycles. The molecule has 10 nitrogen and oxygen atoms in total. The van der Waals surface area contributed by atoms with E-state index in [1.165, 1.54) is 6.20 Å².